The summed E-state index contributed by atoms with van der Waals surface area (Å²) in [5, 5.41) is 7.30. The van der Waals surface area contributed by atoms with Gasteiger partial charge < -0.3 is 10.1 Å². The van der Waals surface area contributed by atoms with E-state index >= 15 is 0 Å². The van der Waals surface area contributed by atoms with Gasteiger partial charge >= 0.3 is 0 Å². The molecule has 0 aromatic heterocycles. The van der Waals surface area contributed by atoms with E-state index in [9.17, 15) is 0 Å². The summed E-state index contributed by atoms with van der Waals surface area (Å²) in [5.74, 6) is 7.67. The van der Waals surface area contributed by atoms with Gasteiger partial charge in [0.05, 0.1) is 12.6 Å². The first-order valence-electron chi connectivity index (χ1n) is 6.88. The van der Waals surface area contributed by atoms with Crippen molar-refractivity contribution >= 4 is 0 Å². The van der Waals surface area contributed by atoms with Crippen LogP contribution in [0.5, 0.6) is 0 Å². The lowest BCUT2D eigenvalue weighted by Gasteiger charge is -2.42. The van der Waals surface area contributed by atoms with Crippen LogP contribution in [0.4, 0.5) is 0 Å². The van der Waals surface area contributed by atoms with Gasteiger partial charge in [-0.05, 0) is 37.8 Å². The number of hydrogen-bond acceptors (Lipinski definition) is 3. The minimum absolute atomic E-state index is 0.258. The van der Waals surface area contributed by atoms with E-state index in [2.05, 4.69) is 29.4 Å². The summed E-state index contributed by atoms with van der Waals surface area (Å²) in [4.78, 5) is 0. The first kappa shape index (κ1) is 13.6. The standard InChI is InChI=1S/C15H24N2O/c1-4-5-6-7-13-11(2)15-12(8-9-16-15)14(17-13)10-18-3/h4-5,11-17H,8-10H2,1-3H3/b5-4-/t11-,12-,13?,14+,15+/m1/s1. The minimum Gasteiger partial charge on any atom is -0.383 e. The second-order valence-corrected chi connectivity index (χ2v) is 5.29. The van der Waals surface area contributed by atoms with Crippen LogP contribution < -0.4 is 10.6 Å². The van der Waals surface area contributed by atoms with Crippen LogP contribution in [-0.2, 0) is 4.74 Å². The van der Waals surface area contributed by atoms with Crippen LogP contribution in [0, 0.1) is 23.7 Å². The maximum absolute atomic E-state index is 5.35. The van der Waals surface area contributed by atoms with Crippen molar-refractivity contribution in [3.63, 3.8) is 0 Å². The number of hydrogen-bond donors (Lipinski definition) is 2. The topological polar surface area (TPSA) is 33.3 Å². The molecule has 0 aliphatic carbocycles. The summed E-state index contributed by atoms with van der Waals surface area (Å²) in [6, 6.07) is 1.26. The Bertz CT molecular complexity index is 355. The van der Waals surface area contributed by atoms with Crippen molar-refractivity contribution in [2.75, 3.05) is 20.3 Å². The molecule has 2 heterocycles. The van der Waals surface area contributed by atoms with Gasteiger partial charge in [-0.1, -0.05) is 24.8 Å². The first-order valence-corrected chi connectivity index (χ1v) is 6.88. The van der Waals surface area contributed by atoms with Gasteiger partial charge in [-0.3, -0.25) is 5.32 Å². The molecule has 0 radical (unpaired) electrons. The molecule has 0 amide bonds. The maximum atomic E-state index is 5.35. The van der Waals surface area contributed by atoms with E-state index in [0.717, 1.165) is 13.2 Å². The largest absolute Gasteiger partial charge is 0.383 e. The third-order valence-corrected chi connectivity index (χ3v) is 4.16. The molecular weight excluding hydrogens is 224 g/mol. The second-order valence-electron chi connectivity index (χ2n) is 5.29. The molecule has 0 aromatic carbocycles. The fourth-order valence-electron chi connectivity index (χ4n) is 3.23. The van der Waals surface area contributed by atoms with E-state index < -0.39 is 0 Å². The molecule has 2 aliphatic heterocycles. The van der Waals surface area contributed by atoms with Crippen molar-refractivity contribution in [1.29, 1.82) is 0 Å². The molecule has 0 bridgehead atoms. The highest BCUT2D eigenvalue weighted by Crippen LogP contribution is 2.31. The van der Waals surface area contributed by atoms with Gasteiger partial charge in [-0.25, -0.2) is 0 Å². The Labute approximate surface area is 110 Å². The lowest BCUT2D eigenvalue weighted by atomic mass is 9.77. The molecule has 2 saturated heterocycles. The van der Waals surface area contributed by atoms with E-state index in [4.69, 9.17) is 4.74 Å². The van der Waals surface area contributed by atoms with Crippen molar-refractivity contribution in [3.05, 3.63) is 12.2 Å². The molecule has 2 aliphatic rings. The average Bonchev–Trinajstić information content (AvgIpc) is 2.85. The number of rotatable bonds is 2. The van der Waals surface area contributed by atoms with Gasteiger partial charge in [0.1, 0.15) is 0 Å². The monoisotopic (exact) mass is 248 g/mol. The normalized spacial score (nSPS) is 39.4. The molecule has 100 valence electrons. The number of piperidine rings is 1. The van der Waals surface area contributed by atoms with E-state index in [1.54, 1.807) is 7.11 Å². The fraction of sp³-hybridized carbons (Fsp3) is 0.733. The molecule has 3 heteroatoms. The number of methoxy groups -OCH3 is 1. The number of ether oxygens (including phenoxy) is 1. The number of fused-ring (bicyclic) bond motifs is 1. The van der Waals surface area contributed by atoms with Crippen molar-refractivity contribution in [1.82, 2.24) is 10.6 Å². The van der Waals surface area contributed by atoms with E-state index in [1.165, 1.54) is 6.42 Å². The Kier molecular flexibility index (Phi) is 4.82. The van der Waals surface area contributed by atoms with Crippen LogP contribution in [-0.4, -0.2) is 38.4 Å². The third-order valence-electron chi connectivity index (χ3n) is 4.16. The Balaban J connectivity index is 2.10. The zero-order valence-corrected chi connectivity index (χ0v) is 11.6. The van der Waals surface area contributed by atoms with Crippen molar-refractivity contribution in [2.45, 2.75) is 38.4 Å². The highest BCUT2D eigenvalue weighted by Gasteiger charge is 2.43. The summed E-state index contributed by atoms with van der Waals surface area (Å²) in [5.41, 5.74) is 0. The van der Waals surface area contributed by atoms with Crippen molar-refractivity contribution in [3.8, 4) is 11.8 Å². The molecule has 3 nitrogen and oxygen atoms in total. The van der Waals surface area contributed by atoms with Gasteiger partial charge in [0.25, 0.3) is 0 Å². The molecular formula is C15H24N2O. The lowest BCUT2D eigenvalue weighted by molar-refractivity contribution is 0.0902. The lowest BCUT2D eigenvalue weighted by Crippen LogP contribution is -2.60. The molecule has 18 heavy (non-hydrogen) atoms. The van der Waals surface area contributed by atoms with E-state index in [-0.39, 0.29) is 6.04 Å². The molecule has 1 unspecified atom stereocenters. The fourth-order valence-corrected chi connectivity index (χ4v) is 3.23. The van der Waals surface area contributed by atoms with Crippen LogP contribution in [0.2, 0.25) is 0 Å². The summed E-state index contributed by atoms with van der Waals surface area (Å²) >= 11 is 0. The minimum atomic E-state index is 0.258. The van der Waals surface area contributed by atoms with Crippen LogP contribution in [0.15, 0.2) is 12.2 Å². The van der Waals surface area contributed by atoms with Gasteiger partial charge in [-0.15, -0.1) is 0 Å². The SMILES string of the molecule is C/C=C\C#CC1N[C@@H](COC)[C@H]2CCN[C@H]2[C@@H]1C. The van der Waals surface area contributed by atoms with Gasteiger partial charge in [0.15, 0.2) is 0 Å². The zero-order chi connectivity index (χ0) is 13.0. The zero-order valence-electron chi connectivity index (χ0n) is 11.6. The number of nitrogens with one attached hydrogen (secondary N) is 2. The Morgan fingerprint density at radius 1 is 1.44 bits per heavy atom. The summed E-state index contributed by atoms with van der Waals surface area (Å²) in [6.07, 6.45) is 5.13. The van der Waals surface area contributed by atoms with Crippen molar-refractivity contribution < 1.29 is 4.74 Å². The summed E-state index contributed by atoms with van der Waals surface area (Å²) in [7, 11) is 1.78. The summed E-state index contributed by atoms with van der Waals surface area (Å²) in [6.45, 7) is 6.18. The second kappa shape index (κ2) is 6.38. The molecule has 0 aromatic rings. The Morgan fingerprint density at radius 2 is 2.28 bits per heavy atom. The van der Waals surface area contributed by atoms with E-state index in [1.807, 2.05) is 19.1 Å². The predicted octanol–water partition coefficient (Wildman–Crippen LogP) is 1.17. The first-order chi connectivity index (χ1) is 8.77. The molecule has 2 fully saturated rings. The molecule has 5 atom stereocenters. The Hall–Kier alpha value is -0.820. The van der Waals surface area contributed by atoms with Crippen LogP contribution in [0.25, 0.3) is 0 Å². The smallest absolute Gasteiger partial charge is 0.0737 e. The van der Waals surface area contributed by atoms with Gasteiger partial charge in [-0.2, -0.15) is 0 Å². The van der Waals surface area contributed by atoms with Gasteiger partial charge in [0, 0.05) is 19.2 Å². The summed E-state index contributed by atoms with van der Waals surface area (Å²) < 4.78 is 5.35. The van der Waals surface area contributed by atoms with E-state index in [0.29, 0.717) is 23.9 Å². The predicted molar refractivity (Wildman–Crippen MR) is 74.2 cm³/mol. The van der Waals surface area contributed by atoms with Crippen molar-refractivity contribution in [2.24, 2.45) is 11.8 Å². The van der Waals surface area contributed by atoms with Gasteiger partial charge in [0.2, 0.25) is 0 Å². The average molecular weight is 248 g/mol. The van der Waals surface area contributed by atoms with Crippen LogP contribution in [0.3, 0.4) is 0 Å². The number of allylic oxidation sites excluding steroid dienone is 2. The Morgan fingerprint density at radius 3 is 3.00 bits per heavy atom. The van der Waals surface area contributed by atoms with Crippen LogP contribution >= 0.6 is 0 Å². The molecule has 0 saturated carbocycles. The maximum Gasteiger partial charge on any atom is 0.0737 e. The third kappa shape index (κ3) is 2.77. The molecule has 0 spiro atoms. The quantitative estimate of drug-likeness (QED) is 0.720. The van der Waals surface area contributed by atoms with Crippen LogP contribution in [0.1, 0.15) is 20.3 Å². The highest BCUT2D eigenvalue weighted by molar-refractivity contribution is 5.22. The highest BCUT2D eigenvalue weighted by atomic mass is 16.5. The molecule has 2 rings (SSSR count). The molecule has 2 N–H and O–H groups in total.